The summed E-state index contributed by atoms with van der Waals surface area (Å²) in [6.45, 7) is 5.16. The fourth-order valence-corrected chi connectivity index (χ4v) is 3.29. The van der Waals surface area contributed by atoms with Crippen LogP contribution in [0.5, 0.6) is 0 Å². The molecule has 0 aliphatic rings. The van der Waals surface area contributed by atoms with Gasteiger partial charge in [0.15, 0.2) is 11.5 Å². The fourth-order valence-electron chi connectivity index (χ4n) is 3.29. The van der Waals surface area contributed by atoms with Gasteiger partial charge in [0, 0.05) is 19.0 Å². The van der Waals surface area contributed by atoms with Crippen molar-refractivity contribution < 1.29 is 18.7 Å². The van der Waals surface area contributed by atoms with E-state index in [2.05, 4.69) is 29.5 Å². The third-order valence-corrected chi connectivity index (χ3v) is 5.14. The normalized spacial score (nSPS) is 11.1. The number of nitrogens with one attached hydrogen (secondary N) is 2. The lowest BCUT2D eigenvalue weighted by Crippen LogP contribution is -2.16. The molecule has 0 aromatic carbocycles. The highest BCUT2D eigenvalue weighted by molar-refractivity contribution is 6.14. The highest BCUT2D eigenvalue weighted by Gasteiger charge is 2.25. The minimum atomic E-state index is -0.563. The number of pyridine rings is 1. The van der Waals surface area contributed by atoms with Crippen LogP contribution in [0.3, 0.4) is 0 Å². The first-order valence-electron chi connectivity index (χ1n) is 9.65. The number of fused-ring (bicyclic) bond motifs is 1. The summed E-state index contributed by atoms with van der Waals surface area (Å²) in [6.07, 6.45) is 5.31. The first kappa shape index (κ1) is 20.4. The van der Waals surface area contributed by atoms with Gasteiger partial charge in [0.1, 0.15) is 5.65 Å². The van der Waals surface area contributed by atoms with Crippen LogP contribution < -0.4 is 10.6 Å². The van der Waals surface area contributed by atoms with Gasteiger partial charge in [-0.3, -0.25) is 4.79 Å². The van der Waals surface area contributed by atoms with E-state index in [1.807, 2.05) is 6.07 Å². The number of furan rings is 1. The maximum absolute atomic E-state index is 12.6. The molecule has 3 aromatic rings. The summed E-state index contributed by atoms with van der Waals surface area (Å²) in [5.41, 5.74) is 1.94. The first-order chi connectivity index (χ1) is 14.0. The molecule has 2 N–H and O–H groups in total. The zero-order chi connectivity index (χ0) is 21.0. The molecular formula is C21H26N4O4. The number of carbonyl (C=O) groups excluding carboxylic acids is 2. The highest BCUT2D eigenvalue weighted by Crippen LogP contribution is 2.32. The van der Waals surface area contributed by atoms with Crippen molar-refractivity contribution >= 4 is 34.3 Å². The average Bonchev–Trinajstić information content (AvgIpc) is 3.36. The monoisotopic (exact) mass is 398 g/mol. The minimum absolute atomic E-state index is 0.147. The van der Waals surface area contributed by atoms with E-state index in [-0.39, 0.29) is 11.5 Å². The number of rotatable bonds is 8. The number of amides is 1. The van der Waals surface area contributed by atoms with E-state index < -0.39 is 11.9 Å². The predicted molar refractivity (Wildman–Crippen MR) is 111 cm³/mol. The maximum Gasteiger partial charge on any atom is 0.356 e. The van der Waals surface area contributed by atoms with Crippen LogP contribution in [0.1, 0.15) is 47.7 Å². The predicted octanol–water partition coefficient (Wildman–Crippen LogP) is 4.05. The van der Waals surface area contributed by atoms with Crippen LogP contribution in [0.2, 0.25) is 0 Å². The van der Waals surface area contributed by atoms with Gasteiger partial charge in [0.05, 0.1) is 30.9 Å². The van der Waals surface area contributed by atoms with Crippen LogP contribution in [0.25, 0.3) is 11.0 Å². The van der Waals surface area contributed by atoms with Crippen molar-refractivity contribution in [2.24, 2.45) is 13.0 Å². The third-order valence-electron chi connectivity index (χ3n) is 5.14. The SMILES string of the molecule is CCC(CC)CNc1cnc2c(c1)c(NC(=O)c1ccco1)c(C(=O)OC)n2C. The van der Waals surface area contributed by atoms with E-state index in [0.717, 1.165) is 25.1 Å². The Kier molecular flexibility index (Phi) is 6.21. The number of hydrogen-bond acceptors (Lipinski definition) is 6. The number of carbonyl (C=O) groups is 2. The molecule has 0 atom stereocenters. The number of methoxy groups -OCH3 is 1. The second-order valence-electron chi connectivity index (χ2n) is 6.86. The van der Waals surface area contributed by atoms with Gasteiger partial charge in [0.2, 0.25) is 0 Å². The van der Waals surface area contributed by atoms with Crippen molar-refractivity contribution in [3.05, 3.63) is 42.1 Å². The van der Waals surface area contributed by atoms with E-state index in [1.165, 1.54) is 13.4 Å². The molecule has 0 radical (unpaired) electrons. The molecule has 29 heavy (non-hydrogen) atoms. The largest absolute Gasteiger partial charge is 0.464 e. The van der Waals surface area contributed by atoms with E-state index in [4.69, 9.17) is 9.15 Å². The first-order valence-corrected chi connectivity index (χ1v) is 9.65. The Morgan fingerprint density at radius 2 is 2.07 bits per heavy atom. The van der Waals surface area contributed by atoms with Crippen LogP contribution in [0.4, 0.5) is 11.4 Å². The molecule has 0 saturated carbocycles. The van der Waals surface area contributed by atoms with Crippen molar-refractivity contribution in [1.29, 1.82) is 0 Å². The van der Waals surface area contributed by atoms with Gasteiger partial charge < -0.3 is 24.4 Å². The summed E-state index contributed by atoms with van der Waals surface area (Å²) < 4.78 is 11.7. The Balaban J connectivity index is 2.03. The summed E-state index contributed by atoms with van der Waals surface area (Å²) in [7, 11) is 3.01. The zero-order valence-electron chi connectivity index (χ0n) is 17.1. The summed E-state index contributed by atoms with van der Waals surface area (Å²) in [6, 6.07) is 5.06. The number of esters is 1. The molecule has 8 nitrogen and oxygen atoms in total. The number of aryl methyl sites for hydroxylation is 1. The fraction of sp³-hybridized carbons (Fsp3) is 0.381. The average molecular weight is 398 g/mol. The van der Waals surface area contributed by atoms with Gasteiger partial charge >= 0.3 is 5.97 Å². The summed E-state index contributed by atoms with van der Waals surface area (Å²) in [5.74, 6) is -0.311. The van der Waals surface area contributed by atoms with Crippen molar-refractivity contribution in [3.63, 3.8) is 0 Å². The Bertz CT molecular complexity index is 1000. The van der Waals surface area contributed by atoms with Gasteiger partial charge in [-0.1, -0.05) is 26.7 Å². The standard InChI is InChI=1S/C21H26N4O4/c1-5-13(6-2)11-22-14-10-15-17(24-20(26)16-8-7-9-29-16)18(21(27)28-4)25(3)19(15)23-12-14/h7-10,12-13,22H,5-6,11H2,1-4H3,(H,24,26). The number of hydrogen-bond donors (Lipinski definition) is 2. The Labute approximate surface area is 169 Å². The minimum Gasteiger partial charge on any atom is -0.464 e. The van der Waals surface area contributed by atoms with Gasteiger partial charge in [-0.25, -0.2) is 9.78 Å². The Hall–Kier alpha value is -3.29. The highest BCUT2D eigenvalue weighted by atomic mass is 16.5. The molecule has 0 saturated heterocycles. The number of anilines is 2. The van der Waals surface area contributed by atoms with Gasteiger partial charge in [-0.15, -0.1) is 0 Å². The van der Waals surface area contributed by atoms with Crippen LogP contribution in [-0.2, 0) is 11.8 Å². The van der Waals surface area contributed by atoms with E-state index >= 15 is 0 Å². The third kappa shape index (κ3) is 4.11. The van der Waals surface area contributed by atoms with E-state index in [9.17, 15) is 9.59 Å². The van der Waals surface area contributed by atoms with E-state index in [1.54, 1.807) is 29.9 Å². The molecule has 154 valence electrons. The molecular weight excluding hydrogens is 372 g/mol. The van der Waals surface area contributed by atoms with Crippen LogP contribution in [0, 0.1) is 5.92 Å². The van der Waals surface area contributed by atoms with Gasteiger partial charge in [-0.2, -0.15) is 0 Å². The van der Waals surface area contributed by atoms with Gasteiger partial charge in [-0.05, 0) is 24.1 Å². The lowest BCUT2D eigenvalue weighted by Gasteiger charge is -2.14. The topological polar surface area (TPSA) is 98.4 Å². The molecule has 0 aliphatic heterocycles. The second-order valence-corrected chi connectivity index (χ2v) is 6.86. The lowest BCUT2D eigenvalue weighted by molar-refractivity contribution is 0.0591. The van der Waals surface area contributed by atoms with Crippen molar-refractivity contribution in [2.45, 2.75) is 26.7 Å². The van der Waals surface area contributed by atoms with Crippen LogP contribution in [0.15, 0.2) is 35.1 Å². The molecule has 3 rings (SSSR count). The number of ether oxygens (including phenoxy) is 1. The Morgan fingerprint density at radius 3 is 2.69 bits per heavy atom. The molecule has 0 spiro atoms. The van der Waals surface area contributed by atoms with Crippen LogP contribution >= 0.6 is 0 Å². The molecule has 0 aliphatic carbocycles. The Morgan fingerprint density at radius 1 is 1.31 bits per heavy atom. The lowest BCUT2D eigenvalue weighted by atomic mass is 10.0. The second kappa shape index (κ2) is 8.81. The zero-order valence-corrected chi connectivity index (χ0v) is 17.1. The van der Waals surface area contributed by atoms with Crippen molar-refractivity contribution in [3.8, 4) is 0 Å². The van der Waals surface area contributed by atoms with Crippen molar-refractivity contribution in [2.75, 3.05) is 24.3 Å². The molecule has 0 fully saturated rings. The van der Waals surface area contributed by atoms with Crippen molar-refractivity contribution in [1.82, 2.24) is 9.55 Å². The number of nitrogens with zero attached hydrogens (tertiary/aromatic N) is 2. The molecule has 0 unspecified atom stereocenters. The van der Waals surface area contributed by atoms with Crippen LogP contribution in [-0.4, -0.2) is 35.1 Å². The van der Waals surface area contributed by atoms with Gasteiger partial charge in [0.25, 0.3) is 5.91 Å². The van der Waals surface area contributed by atoms with E-state index in [0.29, 0.717) is 22.6 Å². The number of aromatic nitrogens is 2. The maximum atomic E-state index is 12.6. The molecule has 1 amide bonds. The smallest absolute Gasteiger partial charge is 0.356 e. The summed E-state index contributed by atoms with van der Waals surface area (Å²) in [5, 5.41) is 6.82. The molecule has 3 heterocycles. The summed E-state index contributed by atoms with van der Waals surface area (Å²) in [4.78, 5) is 29.5. The summed E-state index contributed by atoms with van der Waals surface area (Å²) >= 11 is 0. The molecule has 0 bridgehead atoms. The molecule has 8 heteroatoms. The molecule has 3 aromatic heterocycles. The quantitative estimate of drug-likeness (QED) is 0.556.